The van der Waals surface area contributed by atoms with E-state index >= 15 is 0 Å². The van der Waals surface area contributed by atoms with Crippen LogP contribution in [0.3, 0.4) is 0 Å². The van der Waals surface area contributed by atoms with Gasteiger partial charge in [-0.05, 0) is 17.2 Å². The molecule has 5 nitrogen and oxygen atoms in total. The molecule has 1 heterocycles. The third kappa shape index (κ3) is 3.94. The van der Waals surface area contributed by atoms with Gasteiger partial charge in [-0.3, -0.25) is 4.79 Å². The van der Waals surface area contributed by atoms with Crippen molar-refractivity contribution in [1.29, 1.82) is 0 Å². The zero-order valence-electron chi connectivity index (χ0n) is 13.7. The second kappa shape index (κ2) is 7.57. The Morgan fingerprint density at radius 3 is 2.56 bits per heavy atom. The van der Waals surface area contributed by atoms with E-state index in [1.54, 1.807) is 13.0 Å². The molecule has 3 rings (SSSR count). The zero-order chi connectivity index (χ0) is 17.8. The fourth-order valence-electron chi connectivity index (χ4n) is 2.93. The van der Waals surface area contributed by atoms with Gasteiger partial charge in [0.05, 0.1) is 18.0 Å². The van der Waals surface area contributed by atoms with Crippen LogP contribution in [0.4, 0.5) is 4.79 Å². The highest BCUT2D eigenvalue weighted by atomic mass is 35.5. The predicted octanol–water partition coefficient (Wildman–Crippen LogP) is 3.44. The van der Waals surface area contributed by atoms with Crippen molar-refractivity contribution < 1.29 is 14.3 Å². The highest BCUT2D eigenvalue weighted by molar-refractivity contribution is 6.31. The van der Waals surface area contributed by atoms with Gasteiger partial charge in [-0.1, -0.05) is 67.1 Å². The van der Waals surface area contributed by atoms with Gasteiger partial charge in [-0.2, -0.15) is 0 Å². The summed E-state index contributed by atoms with van der Waals surface area (Å²) in [5.41, 5.74) is 1.67. The largest absolute Gasteiger partial charge is 0.445 e. The lowest BCUT2D eigenvalue weighted by Gasteiger charge is -2.23. The summed E-state index contributed by atoms with van der Waals surface area (Å²) < 4.78 is 5.27. The summed E-state index contributed by atoms with van der Waals surface area (Å²) in [5.74, 6) is -0.510. The fraction of sp³-hybridized carbons (Fsp3) is 0.263. The van der Waals surface area contributed by atoms with Crippen LogP contribution in [0.1, 0.15) is 24.1 Å². The van der Waals surface area contributed by atoms with Crippen molar-refractivity contribution in [2.45, 2.75) is 25.6 Å². The van der Waals surface area contributed by atoms with Gasteiger partial charge in [0, 0.05) is 5.02 Å². The molecule has 130 valence electrons. The Balaban J connectivity index is 1.69. The molecule has 0 aromatic heterocycles. The fourth-order valence-corrected chi connectivity index (χ4v) is 3.19. The molecule has 1 unspecified atom stereocenters. The molecule has 2 aromatic carbocycles. The quantitative estimate of drug-likeness (QED) is 0.879. The summed E-state index contributed by atoms with van der Waals surface area (Å²) >= 11 is 6.25. The number of nitrogens with one attached hydrogen (secondary N) is 2. The summed E-state index contributed by atoms with van der Waals surface area (Å²) in [6.07, 6.45) is -0.561. The van der Waals surface area contributed by atoms with Crippen LogP contribution in [0.5, 0.6) is 0 Å². The Labute approximate surface area is 151 Å². The molecule has 0 saturated carbocycles. The van der Waals surface area contributed by atoms with Gasteiger partial charge in [-0.15, -0.1) is 0 Å². The first-order chi connectivity index (χ1) is 12.1. The number of alkyl carbamates (subject to hydrolysis) is 1. The summed E-state index contributed by atoms with van der Waals surface area (Å²) in [4.78, 5) is 24.3. The number of carbonyl (C=O) groups is 2. The van der Waals surface area contributed by atoms with Crippen LogP contribution >= 0.6 is 11.6 Å². The molecule has 0 radical (unpaired) electrons. The first-order valence-electron chi connectivity index (χ1n) is 8.08. The first kappa shape index (κ1) is 17.3. The Hall–Kier alpha value is -2.53. The summed E-state index contributed by atoms with van der Waals surface area (Å²) in [6, 6.07) is 15.9. The SMILES string of the molecule is C[C@H]1C(=O)NC(c2ccccc2Cl)[C@H]1NC(=O)OCc1ccccc1. The van der Waals surface area contributed by atoms with Crippen LogP contribution in [0, 0.1) is 5.92 Å². The molecule has 2 amide bonds. The summed E-state index contributed by atoms with van der Waals surface area (Å²) in [7, 11) is 0. The van der Waals surface area contributed by atoms with Crippen LogP contribution in [-0.2, 0) is 16.1 Å². The van der Waals surface area contributed by atoms with Crippen molar-refractivity contribution in [3.63, 3.8) is 0 Å². The number of halogens is 1. The molecule has 0 aliphatic carbocycles. The van der Waals surface area contributed by atoms with E-state index in [0.717, 1.165) is 11.1 Å². The predicted molar refractivity (Wildman–Crippen MR) is 95.1 cm³/mol. The van der Waals surface area contributed by atoms with Crippen molar-refractivity contribution in [2.24, 2.45) is 5.92 Å². The number of carbonyl (C=O) groups excluding carboxylic acids is 2. The Morgan fingerprint density at radius 1 is 1.16 bits per heavy atom. The van der Waals surface area contributed by atoms with Crippen molar-refractivity contribution in [1.82, 2.24) is 10.6 Å². The highest BCUT2D eigenvalue weighted by Crippen LogP contribution is 2.32. The summed E-state index contributed by atoms with van der Waals surface area (Å²) in [6.45, 7) is 1.94. The standard InChI is InChI=1S/C19H19ClN2O3/c1-12-16(22-19(24)25-11-13-7-3-2-4-8-13)17(21-18(12)23)14-9-5-6-10-15(14)20/h2-10,12,16-17H,11H2,1H3,(H,21,23)(H,22,24)/t12-,16+,17?/m1/s1. The number of hydrogen-bond donors (Lipinski definition) is 2. The van der Waals surface area contributed by atoms with E-state index in [2.05, 4.69) is 10.6 Å². The third-order valence-electron chi connectivity index (χ3n) is 4.35. The Kier molecular flexibility index (Phi) is 5.24. The molecule has 2 N–H and O–H groups in total. The average Bonchev–Trinajstić information content (AvgIpc) is 2.89. The molecule has 25 heavy (non-hydrogen) atoms. The maximum atomic E-state index is 12.2. The Morgan fingerprint density at radius 2 is 1.84 bits per heavy atom. The van der Waals surface area contributed by atoms with E-state index < -0.39 is 12.1 Å². The first-order valence-corrected chi connectivity index (χ1v) is 8.46. The molecule has 3 atom stereocenters. The minimum absolute atomic E-state index is 0.127. The molecular weight excluding hydrogens is 340 g/mol. The molecule has 1 saturated heterocycles. The second-order valence-electron chi connectivity index (χ2n) is 6.03. The van der Waals surface area contributed by atoms with Gasteiger partial charge in [0.25, 0.3) is 0 Å². The van der Waals surface area contributed by atoms with Crippen molar-refractivity contribution in [3.8, 4) is 0 Å². The van der Waals surface area contributed by atoms with E-state index in [0.29, 0.717) is 5.02 Å². The number of hydrogen-bond acceptors (Lipinski definition) is 3. The second-order valence-corrected chi connectivity index (χ2v) is 6.44. The van der Waals surface area contributed by atoms with Crippen molar-refractivity contribution in [2.75, 3.05) is 0 Å². The number of rotatable bonds is 4. The van der Waals surface area contributed by atoms with Gasteiger partial charge in [0.1, 0.15) is 6.61 Å². The van der Waals surface area contributed by atoms with E-state index in [9.17, 15) is 9.59 Å². The highest BCUT2D eigenvalue weighted by Gasteiger charge is 2.42. The normalized spacial score (nSPS) is 22.3. The molecule has 1 aliphatic heterocycles. The van der Waals surface area contributed by atoms with E-state index in [1.807, 2.05) is 48.5 Å². The van der Waals surface area contributed by atoms with Gasteiger partial charge in [-0.25, -0.2) is 4.79 Å². The molecule has 2 aromatic rings. The molecule has 1 fully saturated rings. The van der Waals surface area contributed by atoms with Crippen LogP contribution in [0.25, 0.3) is 0 Å². The topological polar surface area (TPSA) is 67.4 Å². The van der Waals surface area contributed by atoms with Crippen molar-refractivity contribution >= 4 is 23.6 Å². The minimum atomic E-state index is -0.561. The van der Waals surface area contributed by atoms with Gasteiger partial charge in [0.15, 0.2) is 0 Å². The maximum Gasteiger partial charge on any atom is 0.407 e. The summed E-state index contributed by atoms with van der Waals surface area (Å²) in [5, 5.41) is 6.25. The Bertz CT molecular complexity index is 766. The van der Waals surface area contributed by atoms with Gasteiger partial charge >= 0.3 is 6.09 Å². The monoisotopic (exact) mass is 358 g/mol. The van der Waals surface area contributed by atoms with Crippen LogP contribution in [-0.4, -0.2) is 18.0 Å². The van der Waals surface area contributed by atoms with E-state index in [4.69, 9.17) is 16.3 Å². The lowest BCUT2D eigenvalue weighted by Crippen LogP contribution is -2.41. The van der Waals surface area contributed by atoms with Gasteiger partial charge < -0.3 is 15.4 Å². The third-order valence-corrected chi connectivity index (χ3v) is 4.69. The van der Waals surface area contributed by atoms with E-state index in [1.165, 1.54) is 0 Å². The number of benzene rings is 2. The van der Waals surface area contributed by atoms with Crippen LogP contribution < -0.4 is 10.6 Å². The van der Waals surface area contributed by atoms with Crippen LogP contribution in [0.2, 0.25) is 5.02 Å². The number of amides is 2. The minimum Gasteiger partial charge on any atom is -0.445 e. The lowest BCUT2D eigenvalue weighted by atomic mass is 9.95. The van der Waals surface area contributed by atoms with Crippen molar-refractivity contribution in [3.05, 3.63) is 70.7 Å². The molecule has 6 heteroatoms. The smallest absolute Gasteiger partial charge is 0.407 e. The molecule has 0 spiro atoms. The molecular formula is C19H19ClN2O3. The molecule has 0 bridgehead atoms. The zero-order valence-corrected chi connectivity index (χ0v) is 14.5. The van der Waals surface area contributed by atoms with E-state index in [-0.39, 0.29) is 24.5 Å². The van der Waals surface area contributed by atoms with Gasteiger partial charge in [0.2, 0.25) is 5.91 Å². The van der Waals surface area contributed by atoms with Crippen LogP contribution in [0.15, 0.2) is 54.6 Å². The lowest BCUT2D eigenvalue weighted by molar-refractivity contribution is -0.122. The average molecular weight is 359 g/mol. The maximum absolute atomic E-state index is 12.2. The number of ether oxygens (including phenoxy) is 1. The molecule has 1 aliphatic rings.